The van der Waals surface area contributed by atoms with Crippen LogP contribution in [0.25, 0.3) is 0 Å². The summed E-state index contributed by atoms with van der Waals surface area (Å²) in [5, 5.41) is 8.74. The van der Waals surface area contributed by atoms with E-state index in [1.54, 1.807) is 0 Å². The molecule has 2 heterocycles. The van der Waals surface area contributed by atoms with Gasteiger partial charge in [0.15, 0.2) is 0 Å². The first-order chi connectivity index (χ1) is 9.15. The number of amides is 1. The molecule has 0 saturated carbocycles. The molecular formula is C12H21N5O2. The van der Waals surface area contributed by atoms with Gasteiger partial charge in [0.05, 0.1) is 6.54 Å². The maximum absolute atomic E-state index is 11.7. The molecule has 1 saturated heterocycles. The minimum atomic E-state index is -0.355. The summed E-state index contributed by atoms with van der Waals surface area (Å²) in [4.78, 5) is 27.4. The fraction of sp³-hybridized carbons (Fsp3) is 0.750. The maximum atomic E-state index is 11.7. The predicted octanol–water partition coefficient (Wildman–Crippen LogP) is -0.0213. The number of likely N-dealkylation sites (tertiary alicyclic amines) is 1. The molecule has 106 valence electrons. The van der Waals surface area contributed by atoms with E-state index in [1.165, 1.54) is 12.8 Å². The molecule has 1 aliphatic heterocycles. The number of aromatic nitrogens is 3. The van der Waals surface area contributed by atoms with Crippen molar-refractivity contribution >= 4 is 5.91 Å². The van der Waals surface area contributed by atoms with Gasteiger partial charge in [0, 0.05) is 12.5 Å². The van der Waals surface area contributed by atoms with E-state index in [1.807, 2.05) is 0 Å². The summed E-state index contributed by atoms with van der Waals surface area (Å²) >= 11 is 0. The molecule has 3 N–H and O–H groups in total. The Morgan fingerprint density at radius 3 is 2.84 bits per heavy atom. The second-order valence-corrected chi connectivity index (χ2v) is 5.03. The van der Waals surface area contributed by atoms with Gasteiger partial charge in [-0.2, -0.15) is 5.10 Å². The van der Waals surface area contributed by atoms with Crippen LogP contribution >= 0.6 is 0 Å². The Morgan fingerprint density at radius 1 is 1.47 bits per heavy atom. The van der Waals surface area contributed by atoms with Crippen LogP contribution in [-0.2, 0) is 11.3 Å². The quantitative estimate of drug-likeness (QED) is 0.675. The van der Waals surface area contributed by atoms with E-state index in [2.05, 4.69) is 32.3 Å². The van der Waals surface area contributed by atoms with Crippen molar-refractivity contribution in [1.82, 2.24) is 25.4 Å². The molecule has 7 heteroatoms. The van der Waals surface area contributed by atoms with Gasteiger partial charge in [-0.1, -0.05) is 0 Å². The van der Waals surface area contributed by atoms with Crippen LogP contribution in [0.4, 0.5) is 0 Å². The molecule has 0 unspecified atom stereocenters. The van der Waals surface area contributed by atoms with E-state index in [4.69, 9.17) is 0 Å². The molecule has 7 nitrogen and oxygen atoms in total. The number of carbonyl (C=O) groups is 1. The van der Waals surface area contributed by atoms with Gasteiger partial charge in [0.1, 0.15) is 5.82 Å². The molecule has 0 aliphatic carbocycles. The fourth-order valence-electron chi connectivity index (χ4n) is 2.36. The van der Waals surface area contributed by atoms with Gasteiger partial charge in [0.2, 0.25) is 5.91 Å². The third kappa shape index (κ3) is 4.20. The topological polar surface area (TPSA) is 93.9 Å². The van der Waals surface area contributed by atoms with E-state index < -0.39 is 0 Å². The molecule has 1 aromatic heterocycles. The Labute approximate surface area is 111 Å². The molecule has 1 fully saturated rings. The lowest BCUT2D eigenvalue weighted by Gasteiger charge is -2.23. The molecule has 19 heavy (non-hydrogen) atoms. The SMILES string of the molecule is C[C@H](CCC(=O)NCc1n[nH]c(=O)[nH]1)N1CCCC1. The van der Waals surface area contributed by atoms with Gasteiger partial charge >= 0.3 is 5.69 Å². The largest absolute Gasteiger partial charge is 0.349 e. The number of rotatable bonds is 6. The van der Waals surface area contributed by atoms with Crippen LogP contribution in [0.3, 0.4) is 0 Å². The average molecular weight is 267 g/mol. The van der Waals surface area contributed by atoms with Gasteiger partial charge in [-0.15, -0.1) is 0 Å². The van der Waals surface area contributed by atoms with Crippen LogP contribution in [0, 0.1) is 0 Å². The third-order valence-electron chi connectivity index (χ3n) is 3.56. The van der Waals surface area contributed by atoms with E-state index in [-0.39, 0.29) is 18.1 Å². The summed E-state index contributed by atoms with van der Waals surface area (Å²) in [5.41, 5.74) is -0.355. The summed E-state index contributed by atoms with van der Waals surface area (Å²) in [7, 11) is 0. The zero-order valence-corrected chi connectivity index (χ0v) is 11.2. The van der Waals surface area contributed by atoms with Crippen LogP contribution in [-0.4, -0.2) is 45.1 Å². The first-order valence-electron chi connectivity index (χ1n) is 6.79. The zero-order chi connectivity index (χ0) is 13.7. The number of nitrogens with one attached hydrogen (secondary N) is 3. The van der Waals surface area contributed by atoms with Crippen molar-refractivity contribution in [3.63, 3.8) is 0 Å². The third-order valence-corrected chi connectivity index (χ3v) is 3.56. The van der Waals surface area contributed by atoms with Crippen molar-refractivity contribution in [2.75, 3.05) is 13.1 Å². The number of nitrogens with zero attached hydrogens (tertiary/aromatic N) is 2. The summed E-state index contributed by atoms with van der Waals surface area (Å²) in [6.07, 6.45) is 3.90. The molecule has 1 aromatic rings. The van der Waals surface area contributed by atoms with Gasteiger partial charge in [0.25, 0.3) is 0 Å². The first-order valence-corrected chi connectivity index (χ1v) is 6.79. The van der Waals surface area contributed by atoms with Crippen molar-refractivity contribution in [1.29, 1.82) is 0 Å². The highest BCUT2D eigenvalue weighted by Gasteiger charge is 2.18. The van der Waals surface area contributed by atoms with Crippen molar-refractivity contribution < 1.29 is 4.79 Å². The first kappa shape index (κ1) is 13.8. The van der Waals surface area contributed by atoms with Crippen molar-refractivity contribution in [2.24, 2.45) is 0 Å². The van der Waals surface area contributed by atoms with Gasteiger partial charge in [-0.3, -0.25) is 9.78 Å². The van der Waals surface area contributed by atoms with Crippen LogP contribution in [0.5, 0.6) is 0 Å². The zero-order valence-electron chi connectivity index (χ0n) is 11.2. The maximum Gasteiger partial charge on any atom is 0.340 e. The number of hydrogen-bond donors (Lipinski definition) is 3. The molecule has 1 aliphatic rings. The van der Waals surface area contributed by atoms with E-state index in [9.17, 15) is 9.59 Å². The van der Waals surface area contributed by atoms with Crippen LogP contribution in [0.2, 0.25) is 0 Å². The molecule has 0 spiro atoms. The van der Waals surface area contributed by atoms with Gasteiger partial charge < -0.3 is 10.2 Å². The number of aromatic amines is 2. The highest BCUT2D eigenvalue weighted by molar-refractivity contribution is 5.75. The Bertz CT molecular complexity index is 461. The molecule has 0 bridgehead atoms. The predicted molar refractivity (Wildman–Crippen MR) is 70.6 cm³/mol. The molecule has 0 radical (unpaired) electrons. The Kier molecular flexibility index (Phi) is 4.73. The van der Waals surface area contributed by atoms with Gasteiger partial charge in [-0.05, 0) is 39.3 Å². The van der Waals surface area contributed by atoms with E-state index in [0.717, 1.165) is 19.5 Å². The smallest absolute Gasteiger partial charge is 0.340 e. The number of carbonyl (C=O) groups excluding carboxylic acids is 1. The lowest BCUT2D eigenvalue weighted by atomic mass is 10.1. The van der Waals surface area contributed by atoms with Crippen LogP contribution in [0.1, 0.15) is 38.4 Å². The van der Waals surface area contributed by atoms with Crippen LogP contribution in [0.15, 0.2) is 4.79 Å². The van der Waals surface area contributed by atoms with Crippen molar-refractivity contribution in [3.8, 4) is 0 Å². The second-order valence-electron chi connectivity index (χ2n) is 5.03. The Hall–Kier alpha value is -1.63. The summed E-state index contributed by atoms with van der Waals surface area (Å²) in [6.45, 7) is 4.73. The van der Waals surface area contributed by atoms with E-state index in [0.29, 0.717) is 18.3 Å². The summed E-state index contributed by atoms with van der Waals surface area (Å²) in [6, 6.07) is 0.457. The van der Waals surface area contributed by atoms with Crippen LogP contribution < -0.4 is 11.0 Å². The van der Waals surface area contributed by atoms with Crippen molar-refractivity contribution in [2.45, 2.75) is 45.2 Å². The minimum Gasteiger partial charge on any atom is -0.349 e. The number of H-pyrrole nitrogens is 2. The van der Waals surface area contributed by atoms with Gasteiger partial charge in [-0.25, -0.2) is 9.89 Å². The standard InChI is InChI=1S/C12H21N5O2/c1-9(17-6-2-3-7-17)4-5-11(18)13-8-10-14-12(19)16-15-10/h9H,2-8H2,1H3,(H,13,18)(H2,14,15,16,19)/t9-/m1/s1. The summed E-state index contributed by atoms with van der Waals surface area (Å²) in [5.74, 6) is 0.445. The molecule has 1 amide bonds. The monoisotopic (exact) mass is 267 g/mol. The Morgan fingerprint density at radius 2 is 2.21 bits per heavy atom. The molecule has 2 rings (SSSR count). The fourth-order valence-corrected chi connectivity index (χ4v) is 2.36. The normalized spacial score (nSPS) is 17.5. The lowest BCUT2D eigenvalue weighted by Crippen LogP contribution is -2.32. The highest BCUT2D eigenvalue weighted by atomic mass is 16.2. The van der Waals surface area contributed by atoms with Crippen molar-refractivity contribution in [3.05, 3.63) is 16.3 Å². The average Bonchev–Trinajstić information content (AvgIpc) is 3.04. The second kappa shape index (κ2) is 6.51. The molecule has 0 aromatic carbocycles. The molecular weight excluding hydrogens is 246 g/mol. The Balaban J connectivity index is 1.65. The molecule has 1 atom stereocenters. The minimum absolute atomic E-state index is 0.00473. The highest BCUT2D eigenvalue weighted by Crippen LogP contribution is 2.14. The lowest BCUT2D eigenvalue weighted by molar-refractivity contribution is -0.121. The van der Waals surface area contributed by atoms with E-state index >= 15 is 0 Å². The summed E-state index contributed by atoms with van der Waals surface area (Å²) < 4.78 is 0. The number of hydrogen-bond acceptors (Lipinski definition) is 4.